The SMILES string of the molecule is N#CCCN1C=C(n2c(-c3ccccc3F)nc3cnc4[nH]ccc4c32)CN1. The van der Waals surface area contributed by atoms with Gasteiger partial charge in [-0.2, -0.15) is 5.26 Å². The summed E-state index contributed by atoms with van der Waals surface area (Å²) in [5.74, 6) is 0.198. The monoisotopic (exact) mass is 373 g/mol. The third-order valence-corrected chi connectivity index (χ3v) is 4.84. The number of benzene rings is 1. The average Bonchev–Trinajstić information content (AvgIpc) is 3.43. The van der Waals surface area contributed by atoms with Gasteiger partial charge in [0.1, 0.15) is 22.8 Å². The van der Waals surface area contributed by atoms with Gasteiger partial charge in [-0.1, -0.05) is 12.1 Å². The van der Waals surface area contributed by atoms with Crippen molar-refractivity contribution in [3.8, 4) is 17.5 Å². The molecule has 7 nitrogen and oxygen atoms in total. The Kier molecular flexibility index (Phi) is 3.81. The highest BCUT2D eigenvalue weighted by molar-refractivity contribution is 6.04. The number of nitrogens with one attached hydrogen (secondary N) is 2. The highest BCUT2D eigenvalue weighted by atomic mass is 19.1. The second-order valence-electron chi connectivity index (χ2n) is 6.54. The molecule has 3 aromatic heterocycles. The molecule has 0 spiro atoms. The van der Waals surface area contributed by atoms with Gasteiger partial charge in [0.25, 0.3) is 0 Å². The van der Waals surface area contributed by atoms with Crippen LogP contribution in [0.2, 0.25) is 0 Å². The molecule has 2 N–H and O–H groups in total. The molecule has 0 amide bonds. The first-order valence-corrected chi connectivity index (χ1v) is 8.94. The van der Waals surface area contributed by atoms with Gasteiger partial charge in [0.15, 0.2) is 0 Å². The molecule has 0 radical (unpaired) electrons. The Morgan fingerprint density at radius 2 is 2.14 bits per heavy atom. The molecule has 5 rings (SSSR count). The Labute approximate surface area is 159 Å². The van der Waals surface area contributed by atoms with Crippen molar-refractivity contribution in [1.29, 1.82) is 5.26 Å². The first-order chi connectivity index (χ1) is 13.8. The molecule has 0 fully saturated rings. The molecule has 0 unspecified atom stereocenters. The molecule has 1 aliphatic rings. The summed E-state index contributed by atoms with van der Waals surface area (Å²) in [4.78, 5) is 12.2. The van der Waals surface area contributed by atoms with E-state index in [1.54, 1.807) is 24.4 Å². The van der Waals surface area contributed by atoms with Crippen molar-refractivity contribution in [3.05, 3.63) is 54.7 Å². The van der Waals surface area contributed by atoms with Crippen LogP contribution >= 0.6 is 0 Å². The van der Waals surface area contributed by atoms with E-state index in [0.717, 1.165) is 22.2 Å². The predicted molar refractivity (Wildman–Crippen MR) is 104 cm³/mol. The van der Waals surface area contributed by atoms with Crippen LogP contribution in [0.5, 0.6) is 0 Å². The van der Waals surface area contributed by atoms with Gasteiger partial charge >= 0.3 is 0 Å². The van der Waals surface area contributed by atoms with Crippen molar-refractivity contribution in [1.82, 2.24) is 30.0 Å². The van der Waals surface area contributed by atoms with E-state index < -0.39 is 0 Å². The third-order valence-electron chi connectivity index (χ3n) is 4.84. The number of imidazole rings is 1. The molecule has 138 valence electrons. The van der Waals surface area contributed by atoms with Crippen molar-refractivity contribution in [2.75, 3.05) is 13.1 Å². The van der Waals surface area contributed by atoms with Crippen LogP contribution in [-0.4, -0.2) is 37.6 Å². The lowest BCUT2D eigenvalue weighted by Crippen LogP contribution is -2.29. The normalized spacial score (nSPS) is 14.0. The largest absolute Gasteiger partial charge is 0.346 e. The fourth-order valence-corrected chi connectivity index (χ4v) is 3.58. The number of nitriles is 1. The van der Waals surface area contributed by atoms with E-state index in [-0.39, 0.29) is 5.82 Å². The predicted octanol–water partition coefficient (Wildman–Crippen LogP) is 3.25. The minimum Gasteiger partial charge on any atom is -0.346 e. The molecule has 0 aliphatic carbocycles. The molecule has 0 saturated carbocycles. The highest BCUT2D eigenvalue weighted by Gasteiger charge is 2.23. The summed E-state index contributed by atoms with van der Waals surface area (Å²) in [6.45, 7) is 1.12. The molecular formula is C20H16FN7. The summed E-state index contributed by atoms with van der Waals surface area (Å²) in [6.07, 6.45) is 5.89. The number of aromatic nitrogens is 4. The van der Waals surface area contributed by atoms with Crippen LogP contribution in [0.15, 0.2) is 48.9 Å². The maximum Gasteiger partial charge on any atom is 0.148 e. The minimum atomic E-state index is -0.328. The highest BCUT2D eigenvalue weighted by Crippen LogP contribution is 2.33. The Hall–Kier alpha value is -3.70. The van der Waals surface area contributed by atoms with Gasteiger partial charge in [-0.05, 0) is 18.2 Å². The van der Waals surface area contributed by atoms with Gasteiger partial charge in [0.05, 0.1) is 42.0 Å². The van der Waals surface area contributed by atoms with Gasteiger partial charge in [-0.15, -0.1) is 0 Å². The number of rotatable bonds is 4. The second kappa shape index (κ2) is 6.48. The quantitative estimate of drug-likeness (QED) is 0.574. The van der Waals surface area contributed by atoms with Crippen LogP contribution < -0.4 is 5.43 Å². The summed E-state index contributed by atoms with van der Waals surface area (Å²) in [5.41, 5.74) is 6.93. The van der Waals surface area contributed by atoms with Gasteiger partial charge in [-0.3, -0.25) is 4.57 Å². The minimum absolute atomic E-state index is 0.328. The van der Waals surface area contributed by atoms with Gasteiger partial charge < -0.3 is 9.99 Å². The Balaban J connectivity index is 1.78. The van der Waals surface area contributed by atoms with E-state index in [0.29, 0.717) is 36.4 Å². The summed E-state index contributed by atoms with van der Waals surface area (Å²) >= 11 is 0. The van der Waals surface area contributed by atoms with Crippen molar-refractivity contribution in [2.24, 2.45) is 0 Å². The number of aromatic amines is 1. The zero-order valence-corrected chi connectivity index (χ0v) is 14.9. The van der Waals surface area contributed by atoms with Crippen LogP contribution in [0, 0.1) is 17.1 Å². The Morgan fingerprint density at radius 3 is 3.00 bits per heavy atom. The number of fused-ring (bicyclic) bond motifs is 3. The molecule has 1 aromatic carbocycles. The van der Waals surface area contributed by atoms with Crippen LogP contribution in [0.25, 0.3) is 39.2 Å². The molecule has 0 bridgehead atoms. The van der Waals surface area contributed by atoms with E-state index in [4.69, 9.17) is 10.2 Å². The molecular weight excluding hydrogens is 357 g/mol. The average molecular weight is 373 g/mol. The van der Waals surface area contributed by atoms with E-state index in [1.165, 1.54) is 6.07 Å². The summed E-state index contributed by atoms with van der Waals surface area (Å²) in [7, 11) is 0. The maximum absolute atomic E-state index is 14.6. The van der Waals surface area contributed by atoms with Crippen LogP contribution in [-0.2, 0) is 0 Å². The number of halogens is 1. The van der Waals surface area contributed by atoms with Gasteiger partial charge in [0, 0.05) is 24.3 Å². The first-order valence-electron chi connectivity index (χ1n) is 8.94. The molecule has 28 heavy (non-hydrogen) atoms. The van der Waals surface area contributed by atoms with Crippen LogP contribution in [0.3, 0.4) is 0 Å². The first kappa shape index (κ1) is 16.5. The maximum atomic E-state index is 14.6. The van der Waals surface area contributed by atoms with Crippen LogP contribution in [0.4, 0.5) is 4.39 Å². The van der Waals surface area contributed by atoms with Gasteiger partial charge in [-0.25, -0.2) is 19.8 Å². The Bertz CT molecular complexity index is 1260. The van der Waals surface area contributed by atoms with E-state index >= 15 is 0 Å². The van der Waals surface area contributed by atoms with E-state index in [2.05, 4.69) is 21.5 Å². The fourth-order valence-electron chi connectivity index (χ4n) is 3.58. The molecule has 8 heteroatoms. The van der Waals surface area contributed by atoms with Crippen molar-refractivity contribution in [2.45, 2.75) is 6.42 Å². The van der Waals surface area contributed by atoms with Crippen molar-refractivity contribution in [3.63, 3.8) is 0 Å². The smallest absolute Gasteiger partial charge is 0.148 e. The summed E-state index contributed by atoms with van der Waals surface area (Å²) in [6, 6.07) is 10.7. The molecule has 4 aromatic rings. The molecule has 0 saturated heterocycles. The number of pyridine rings is 1. The standard InChI is InChI=1S/C20H16FN7/c21-16-5-2-1-4-14(16)20-26-17-11-24-19-15(6-8-23-19)18(17)28(20)13-10-25-27(12-13)9-3-7-22/h1-2,4-6,8,11-12,25H,3,9-10H2,(H,23,24). The zero-order valence-electron chi connectivity index (χ0n) is 14.9. The lowest BCUT2D eigenvalue weighted by Gasteiger charge is -2.12. The zero-order chi connectivity index (χ0) is 19.1. The number of hydrazine groups is 1. The number of H-pyrrole nitrogens is 1. The lowest BCUT2D eigenvalue weighted by atomic mass is 10.2. The number of nitrogens with zero attached hydrogens (tertiary/aromatic N) is 5. The van der Waals surface area contributed by atoms with E-state index in [9.17, 15) is 4.39 Å². The number of hydrogen-bond acceptors (Lipinski definition) is 5. The van der Waals surface area contributed by atoms with Gasteiger partial charge in [0.2, 0.25) is 0 Å². The summed E-state index contributed by atoms with van der Waals surface area (Å²) < 4.78 is 16.6. The fraction of sp³-hybridized carbons (Fsp3) is 0.150. The molecule has 4 heterocycles. The third kappa shape index (κ3) is 2.52. The Morgan fingerprint density at radius 1 is 1.25 bits per heavy atom. The summed E-state index contributed by atoms with van der Waals surface area (Å²) in [5, 5.41) is 11.6. The van der Waals surface area contributed by atoms with E-state index in [1.807, 2.05) is 28.0 Å². The second-order valence-corrected chi connectivity index (χ2v) is 6.54. The lowest BCUT2D eigenvalue weighted by molar-refractivity contribution is 0.313. The molecule has 0 atom stereocenters. The topological polar surface area (TPSA) is 85.6 Å². The molecule has 1 aliphatic heterocycles. The van der Waals surface area contributed by atoms with Crippen molar-refractivity contribution >= 4 is 27.8 Å². The van der Waals surface area contributed by atoms with Crippen molar-refractivity contribution < 1.29 is 4.39 Å². The number of hydrogen-bond donors (Lipinski definition) is 2. The van der Waals surface area contributed by atoms with Crippen LogP contribution in [0.1, 0.15) is 6.42 Å².